The smallest absolute Gasteiger partial charge is 0.151 e. The summed E-state index contributed by atoms with van der Waals surface area (Å²) < 4.78 is 0. The van der Waals surface area contributed by atoms with Gasteiger partial charge in [0, 0.05) is 13.0 Å². The first kappa shape index (κ1) is 8.68. The molecule has 1 atom stereocenters. The fraction of sp³-hybridized carbons (Fsp3) is 0.875. The molecule has 2 N–H and O–H groups in total. The number of rotatable bonds is 2. The maximum absolute atomic E-state index is 11.3. The zero-order chi connectivity index (χ0) is 8.27. The molecule has 0 saturated carbocycles. The van der Waals surface area contributed by atoms with E-state index in [1.165, 1.54) is 0 Å². The van der Waals surface area contributed by atoms with Crippen molar-refractivity contribution in [3.05, 3.63) is 0 Å². The first-order chi connectivity index (χ1) is 5.25. The van der Waals surface area contributed by atoms with Gasteiger partial charge in [0.25, 0.3) is 0 Å². The van der Waals surface area contributed by atoms with Crippen molar-refractivity contribution < 1.29 is 4.79 Å². The van der Waals surface area contributed by atoms with Crippen LogP contribution in [-0.2, 0) is 4.79 Å². The highest BCUT2D eigenvalue weighted by atomic mass is 16.1. The van der Waals surface area contributed by atoms with Gasteiger partial charge < -0.3 is 0 Å². The lowest BCUT2D eigenvalue weighted by Gasteiger charge is -2.30. The van der Waals surface area contributed by atoms with Crippen molar-refractivity contribution in [3.63, 3.8) is 0 Å². The molecule has 0 bridgehead atoms. The maximum Gasteiger partial charge on any atom is 0.151 e. The largest absolute Gasteiger partial charge is 0.298 e. The number of carbonyl (C=O) groups is 1. The number of nitrogens with zero attached hydrogens (tertiary/aromatic N) is 1. The lowest BCUT2D eigenvalue weighted by atomic mass is 9.99. The van der Waals surface area contributed by atoms with Crippen molar-refractivity contribution in [1.29, 1.82) is 0 Å². The number of carbonyl (C=O) groups excluding carboxylic acids is 1. The van der Waals surface area contributed by atoms with Gasteiger partial charge in [-0.25, -0.2) is 5.01 Å². The number of hydrogen-bond acceptors (Lipinski definition) is 3. The van der Waals surface area contributed by atoms with E-state index < -0.39 is 0 Å². The monoisotopic (exact) mass is 156 g/mol. The summed E-state index contributed by atoms with van der Waals surface area (Å²) in [6.45, 7) is 2.77. The Labute approximate surface area is 67.5 Å². The van der Waals surface area contributed by atoms with Crippen molar-refractivity contribution in [3.8, 4) is 0 Å². The van der Waals surface area contributed by atoms with E-state index in [1.807, 2.05) is 6.92 Å². The van der Waals surface area contributed by atoms with E-state index >= 15 is 0 Å². The molecule has 1 fully saturated rings. The number of nitrogens with two attached hydrogens (primary N) is 1. The van der Waals surface area contributed by atoms with Crippen molar-refractivity contribution in [1.82, 2.24) is 5.01 Å². The van der Waals surface area contributed by atoms with Crippen LogP contribution in [0.15, 0.2) is 0 Å². The number of hydrogen-bond donors (Lipinski definition) is 1. The molecular weight excluding hydrogens is 140 g/mol. The third kappa shape index (κ3) is 2.01. The Morgan fingerprint density at radius 2 is 2.36 bits per heavy atom. The van der Waals surface area contributed by atoms with Crippen molar-refractivity contribution in [2.24, 2.45) is 5.84 Å². The van der Waals surface area contributed by atoms with Crippen molar-refractivity contribution >= 4 is 5.78 Å². The minimum absolute atomic E-state index is 0.00810. The number of Topliss-reactive ketones (excluding diaryl/α,β-unsaturated/α-hetero) is 1. The van der Waals surface area contributed by atoms with E-state index in [1.54, 1.807) is 5.01 Å². The average Bonchev–Trinajstić information content (AvgIpc) is 2.04. The van der Waals surface area contributed by atoms with Crippen LogP contribution in [0, 0.1) is 0 Å². The number of piperidine rings is 1. The molecule has 1 aliphatic rings. The lowest BCUT2D eigenvalue weighted by molar-refractivity contribution is -0.125. The van der Waals surface area contributed by atoms with Crippen LogP contribution in [0.25, 0.3) is 0 Å². The Kier molecular flexibility index (Phi) is 3.02. The topological polar surface area (TPSA) is 46.3 Å². The van der Waals surface area contributed by atoms with Crippen LogP contribution in [0.4, 0.5) is 0 Å². The maximum atomic E-state index is 11.3. The van der Waals surface area contributed by atoms with Crippen LogP contribution in [0.5, 0.6) is 0 Å². The Morgan fingerprint density at radius 3 is 2.91 bits per heavy atom. The van der Waals surface area contributed by atoms with Gasteiger partial charge in [-0.2, -0.15) is 0 Å². The predicted molar refractivity (Wildman–Crippen MR) is 43.8 cm³/mol. The van der Waals surface area contributed by atoms with Crippen LogP contribution < -0.4 is 5.84 Å². The van der Waals surface area contributed by atoms with E-state index in [0.29, 0.717) is 6.42 Å². The van der Waals surface area contributed by atoms with Crippen LogP contribution in [0.2, 0.25) is 0 Å². The lowest BCUT2D eigenvalue weighted by Crippen LogP contribution is -2.48. The van der Waals surface area contributed by atoms with Crippen LogP contribution >= 0.6 is 0 Å². The SMILES string of the molecule is CCC(=O)C1CCCCN1N. The Balaban J connectivity index is 2.47. The van der Waals surface area contributed by atoms with Gasteiger partial charge in [-0.05, 0) is 12.8 Å². The molecule has 0 aromatic rings. The molecule has 0 radical (unpaired) electrons. The summed E-state index contributed by atoms with van der Waals surface area (Å²) in [6, 6.07) is 0.00810. The molecule has 1 rings (SSSR count). The summed E-state index contributed by atoms with van der Waals surface area (Å²) >= 11 is 0. The van der Waals surface area contributed by atoms with Gasteiger partial charge in [0.15, 0.2) is 5.78 Å². The normalized spacial score (nSPS) is 26.9. The highest BCUT2D eigenvalue weighted by Gasteiger charge is 2.24. The molecule has 3 nitrogen and oxygen atoms in total. The zero-order valence-corrected chi connectivity index (χ0v) is 7.05. The summed E-state index contributed by atoms with van der Waals surface area (Å²) in [4.78, 5) is 11.3. The first-order valence-electron chi connectivity index (χ1n) is 4.29. The molecule has 1 saturated heterocycles. The highest BCUT2D eigenvalue weighted by Crippen LogP contribution is 2.14. The van der Waals surface area contributed by atoms with Gasteiger partial charge in [-0.3, -0.25) is 10.6 Å². The third-order valence-electron chi connectivity index (χ3n) is 2.26. The van der Waals surface area contributed by atoms with Crippen LogP contribution in [-0.4, -0.2) is 23.4 Å². The molecule has 1 aliphatic heterocycles. The summed E-state index contributed by atoms with van der Waals surface area (Å²) in [5, 5.41) is 1.69. The standard InChI is InChI=1S/C8H16N2O/c1-2-8(11)7-5-3-4-6-10(7)9/h7H,2-6,9H2,1H3. The molecule has 0 spiro atoms. The Bertz CT molecular complexity index is 147. The Morgan fingerprint density at radius 1 is 1.64 bits per heavy atom. The van der Waals surface area contributed by atoms with E-state index in [-0.39, 0.29) is 11.8 Å². The second-order valence-electron chi connectivity index (χ2n) is 3.07. The molecular formula is C8H16N2O. The summed E-state index contributed by atoms with van der Waals surface area (Å²) in [5.41, 5.74) is 0. The van der Waals surface area contributed by atoms with E-state index in [4.69, 9.17) is 5.84 Å². The quantitative estimate of drug-likeness (QED) is 0.598. The minimum atomic E-state index is 0.00810. The second kappa shape index (κ2) is 3.83. The average molecular weight is 156 g/mol. The molecule has 0 aromatic carbocycles. The van der Waals surface area contributed by atoms with E-state index in [9.17, 15) is 4.79 Å². The van der Waals surface area contributed by atoms with Crippen molar-refractivity contribution in [2.45, 2.75) is 38.6 Å². The minimum Gasteiger partial charge on any atom is -0.298 e. The van der Waals surface area contributed by atoms with E-state index in [0.717, 1.165) is 25.8 Å². The highest BCUT2D eigenvalue weighted by molar-refractivity contribution is 5.83. The molecule has 3 heteroatoms. The summed E-state index contributed by atoms with van der Waals surface area (Å²) in [6.07, 6.45) is 3.83. The van der Waals surface area contributed by atoms with Crippen LogP contribution in [0.3, 0.4) is 0 Å². The molecule has 1 unspecified atom stereocenters. The van der Waals surface area contributed by atoms with E-state index in [2.05, 4.69) is 0 Å². The molecule has 64 valence electrons. The predicted octanol–water partition coefficient (Wildman–Crippen LogP) is 0.694. The molecule has 11 heavy (non-hydrogen) atoms. The molecule has 1 heterocycles. The second-order valence-corrected chi connectivity index (χ2v) is 3.07. The Hall–Kier alpha value is -0.410. The fourth-order valence-corrected chi connectivity index (χ4v) is 1.54. The van der Waals surface area contributed by atoms with Gasteiger partial charge in [-0.1, -0.05) is 13.3 Å². The molecule has 0 aromatic heterocycles. The number of ketones is 1. The van der Waals surface area contributed by atoms with Gasteiger partial charge in [0.1, 0.15) is 0 Å². The van der Waals surface area contributed by atoms with Gasteiger partial charge in [-0.15, -0.1) is 0 Å². The first-order valence-corrected chi connectivity index (χ1v) is 4.29. The zero-order valence-electron chi connectivity index (χ0n) is 7.05. The van der Waals surface area contributed by atoms with Crippen LogP contribution in [0.1, 0.15) is 32.6 Å². The fourth-order valence-electron chi connectivity index (χ4n) is 1.54. The third-order valence-corrected chi connectivity index (χ3v) is 2.26. The van der Waals surface area contributed by atoms with Gasteiger partial charge in [0.2, 0.25) is 0 Å². The molecule has 0 amide bonds. The summed E-state index contributed by atoms with van der Waals surface area (Å²) in [5.74, 6) is 5.95. The summed E-state index contributed by atoms with van der Waals surface area (Å²) in [7, 11) is 0. The molecule has 0 aliphatic carbocycles. The van der Waals surface area contributed by atoms with Gasteiger partial charge >= 0.3 is 0 Å². The van der Waals surface area contributed by atoms with Gasteiger partial charge in [0.05, 0.1) is 6.04 Å². The van der Waals surface area contributed by atoms with Crippen molar-refractivity contribution in [2.75, 3.05) is 6.54 Å². The number of hydrazine groups is 1.